The second-order valence-electron chi connectivity index (χ2n) is 3.21. The van der Waals surface area contributed by atoms with Gasteiger partial charge in [-0.05, 0) is 0 Å². The van der Waals surface area contributed by atoms with E-state index in [2.05, 4.69) is 0 Å². The summed E-state index contributed by atoms with van der Waals surface area (Å²) in [5.74, 6) is -1.29. The summed E-state index contributed by atoms with van der Waals surface area (Å²) in [5, 5.41) is 0. The van der Waals surface area contributed by atoms with Crippen molar-refractivity contribution in [2.45, 2.75) is 19.1 Å². The van der Waals surface area contributed by atoms with Gasteiger partial charge in [0.25, 0.3) is 0 Å². The molecule has 0 heterocycles. The molecule has 0 aliphatic heterocycles. The van der Waals surface area contributed by atoms with E-state index in [9.17, 15) is 4.79 Å². The number of ketones is 1. The first-order valence-electron chi connectivity index (χ1n) is 4.90. The molecule has 1 aromatic carbocycles. The first-order chi connectivity index (χ1) is 7.20. The largest absolute Gasteiger partial charge is 0.347 e. The van der Waals surface area contributed by atoms with Crippen molar-refractivity contribution >= 4 is 5.78 Å². The maximum Gasteiger partial charge on any atom is 0.232 e. The Balaban J connectivity index is 3.01. The summed E-state index contributed by atoms with van der Waals surface area (Å²) in [6.07, 6.45) is 0.480. The van der Waals surface area contributed by atoms with Crippen molar-refractivity contribution in [1.29, 1.82) is 0 Å². The van der Waals surface area contributed by atoms with Crippen LogP contribution >= 0.6 is 0 Å². The lowest BCUT2D eigenvalue weighted by Gasteiger charge is -2.27. The quantitative estimate of drug-likeness (QED) is 0.550. The van der Waals surface area contributed by atoms with Gasteiger partial charge in [-0.25, -0.2) is 0 Å². The number of hydrogen-bond donors (Lipinski definition) is 0. The zero-order valence-electron chi connectivity index (χ0n) is 9.32. The van der Waals surface area contributed by atoms with Crippen LogP contribution in [0.4, 0.5) is 0 Å². The standard InChI is InChI=1S/C12H16O3/c1-4-12(14-2,15-3)11(13)10-8-6-5-7-9-10/h5-9H,4H2,1-3H3. The summed E-state index contributed by atoms with van der Waals surface area (Å²) in [6.45, 7) is 1.86. The molecule has 0 atom stereocenters. The van der Waals surface area contributed by atoms with Crippen molar-refractivity contribution < 1.29 is 14.3 Å². The molecule has 82 valence electrons. The third kappa shape index (κ3) is 2.25. The molecule has 0 fully saturated rings. The predicted octanol–water partition coefficient (Wildman–Crippen LogP) is 2.27. The molecule has 0 saturated carbocycles. The van der Waals surface area contributed by atoms with Gasteiger partial charge in [-0.15, -0.1) is 0 Å². The van der Waals surface area contributed by atoms with E-state index in [0.29, 0.717) is 12.0 Å². The van der Waals surface area contributed by atoms with Crippen LogP contribution in [0.25, 0.3) is 0 Å². The van der Waals surface area contributed by atoms with E-state index in [0.717, 1.165) is 0 Å². The summed E-state index contributed by atoms with van der Waals surface area (Å²) < 4.78 is 10.4. The summed E-state index contributed by atoms with van der Waals surface area (Å²) in [7, 11) is 2.96. The van der Waals surface area contributed by atoms with Gasteiger partial charge in [0.05, 0.1) is 0 Å². The van der Waals surface area contributed by atoms with Crippen LogP contribution in [0.5, 0.6) is 0 Å². The van der Waals surface area contributed by atoms with Crippen LogP contribution in [0.2, 0.25) is 0 Å². The zero-order chi connectivity index (χ0) is 11.3. The van der Waals surface area contributed by atoms with Crippen molar-refractivity contribution in [3.63, 3.8) is 0 Å². The number of benzene rings is 1. The van der Waals surface area contributed by atoms with Gasteiger partial charge in [-0.1, -0.05) is 37.3 Å². The van der Waals surface area contributed by atoms with Gasteiger partial charge in [0.15, 0.2) is 0 Å². The SMILES string of the molecule is CCC(OC)(OC)C(=O)c1ccccc1. The molecule has 1 rings (SSSR count). The second kappa shape index (κ2) is 5.05. The van der Waals surface area contributed by atoms with Crippen molar-refractivity contribution in [1.82, 2.24) is 0 Å². The highest BCUT2D eigenvalue weighted by Gasteiger charge is 2.37. The van der Waals surface area contributed by atoms with E-state index >= 15 is 0 Å². The van der Waals surface area contributed by atoms with E-state index in [4.69, 9.17) is 9.47 Å². The number of carbonyl (C=O) groups is 1. The highest BCUT2D eigenvalue weighted by molar-refractivity contribution is 6.01. The van der Waals surface area contributed by atoms with Crippen LogP contribution in [0.15, 0.2) is 30.3 Å². The lowest BCUT2D eigenvalue weighted by atomic mass is 10.0. The molecule has 1 aromatic rings. The van der Waals surface area contributed by atoms with E-state index < -0.39 is 5.79 Å². The van der Waals surface area contributed by atoms with Crippen LogP contribution in [-0.2, 0) is 9.47 Å². The van der Waals surface area contributed by atoms with Crippen LogP contribution in [-0.4, -0.2) is 25.8 Å². The van der Waals surface area contributed by atoms with Crippen molar-refractivity contribution in [2.75, 3.05) is 14.2 Å². The smallest absolute Gasteiger partial charge is 0.232 e. The molecule has 0 radical (unpaired) electrons. The van der Waals surface area contributed by atoms with Crippen LogP contribution in [0, 0.1) is 0 Å². The third-order valence-electron chi connectivity index (χ3n) is 2.51. The van der Waals surface area contributed by atoms with Crippen LogP contribution < -0.4 is 0 Å². The van der Waals surface area contributed by atoms with E-state index in [1.54, 1.807) is 12.1 Å². The van der Waals surface area contributed by atoms with Gasteiger partial charge in [-0.3, -0.25) is 4.79 Å². The Morgan fingerprint density at radius 2 is 1.73 bits per heavy atom. The van der Waals surface area contributed by atoms with E-state index in [-0.39, 0.29) is 5.78 Å². The first-order valence-corrected chi connectivity index (χ1v) is 4.90. The lowest BCUT2D eigenvalue weighted by molar-refractivity contribution is -0.170. The maximum atomic E-state index is 12.1. The number of hydrogen-bond acceptors (Lipinski definition) is 3. The van der Waals surface area contributed by atoms with Crippen LogP contribution in [0.3, 0.4) is 0 Å². The molecule has 0 saturated heterocycles. The van der Waals surface area contributed by atoms with Gasteiger partial charge in [0.2, 0.25) is 11.6 Å². The van der Waals surface area contributed by atoms with Crippen molar-refractivity contribution in [3.05, 3.63) is 35.9 Å². The summed E-state index contributed by atoms with van der Waals surface area (Å²) in [5.41, 5.74) is 0.600. The summed E-state index contributed by atoms with van der Waals surface area (Å²) >= 11 is 0. The Morgan fingerprint density at radius 3 is 2.13 bits per heavy atom. The minimum atomic E-state index is -1.15. The van der Waals surface area contributed by atoms with Gasteiger partial charge in [0, 0.05) is 26.2 Å². The lowest BCUT2D eigenvalue weighted by Crippen LogP contribution is -2.42. The highest BCUT2D eigenvalue weighted by Crippen LogP contribution is 2.21. The highest BCUT2D eigenvalue weighted by atomic mass is 16.7. The first kappa shape index (κ1) is 11.9. The minimum absolute atomic E-state index is 0.143. The summed E-state index contributed by atoms with van der Waals surface area (Å²) in [6, 6.07) is 9.01. The van der Waals surface area contributed by atoms with Gasteiger partial charge in [0.1, 0.15) is 0 Å². The average molecular weight is 208 g/mol. The zero-order valence-corrected chi connectivity index (χ0v) is 9.32. The minimum Gasteiger partial charge on any atom is -0.347 e. The van der Waals surface area contributed by atoms with Crippen LogP contribution in [0.1, 0.15) is 23.7 Å². The van der Waals surface area contributed by atoms with Gasteiger partial charge < -0.3 is 9.47 Å². The number of methoxy groups -OCH3 is 2. The fourth-order valence-electron chi connectivity index (χ4n) is 1.53. The van der Waals surface area contributed by atoms with Crippen molar-refractivity contribution in [2.24, 2.45) is 0 Å². The molecule has 0 aromatic heterocycles. The van der Waals surface area contributed by atoms with E-state index in [1.165, 1.54) is 14.2 Å². The Hall–Kier alpha value is -1.19. The molecule has 0 spiro atoms. The van der Waals surface area contributed by atoms with Crippen molar-refractivity contribution in [3.8, 4) is 0 Å². The molecule has 15 heavy (non-hydrogen) atoms. The van der Waals surface area contributed by atoms with Gasteiger partial charge in [-0.2, -0.15) is 0 Å². The Morgan fingerprint density at radius 1 is 1.20 bits per heavy atom. The number of Topliss-reactive ketones (excluding diaryl/α,β-unsaturated/α-hetero) is 1. The second-order valence-corrected chi connectivity index (χ2v) is 3.21. The average Bonchev–Trinajstić information content (AvgIpc) is 2.33. The Kier molecular flexibility index (Phi) is 4.00. The fraction of sp³-hybridized carbons (Fsp3) is 0.417. The predicted molar refractivity (Wildman–Crippen MR) is 57.8 cm³/mol. The maximum absolute atomic E-state index is 12.1. The molecule has 0 aliphatic rings. The fourth-order valence-corrected chi connectivity index (χ4v) is 1.53. The molecule has 0 amide bonds. The Labute approximate surface area is 90.0 Å². The van der Waals surface area contributed by atoms with E-state index in [1.807, 2.05) is 25.1 Å². The normalized spacial score (nSPS) is 11.4. The molecule has 0 aliphatic carbocycles. The number of carbonyl (C=O) groups excluding carboxylic acids is 1. The molecule has 3 nitrogen and oxygen atoms in total. The number of rotatable bonds is 5. The molecule has 0 unspecified atom stereocenters. The molecule has 3 heteroatoms. The number of ether oxygens (including phenoxy) is 2. The topological polar surface area (TPSA) is 35.5 Å². The molecular formula is C12H16O3. The van der Waals surface area contributed by atoms with Gasteiger partial charge >= 0.3 is 0 Å². The molecular weight excluding hydrogens is 192 g/mol. The monoisotopic (exact) mass is 208 g/mol. The molecule has 0 N–H and O–H groups in total. The summed E-state index contributed by atoms with van der Waals surface area (Å²) in [4.78, 5) is 12.1. The third-order valence-corrected chi connectivity index (χ3v) is 2.51. The molecule has 0 bridgehead atoms. The Bertz CT molecular complexity index is 307.